The standard InChI is InChI=1S/C26H28N2O5/c1-31-22-15-19(16-23(32-2)24(22)33-3)17-27-26(30)21(14-18-10-6-4-7-11-18)28-25(29)20-12-8-5-9-13-20/h4-13,15-16,21H,14,17H2,1-3H3,(H,27,30)(H,28,29)/t21-/m1/s1. The van der Waals surface area contributed by atoms with Gasteiger partial charge in [0.2, 0.25) is 11.7 Å². The molecule has 33 heavy (non-hydrogen) atoms. The van der Waals surface area contributed by atoms with E-state index in [2.05, 4.69) is 10.6 Å². The summed E-state index contributed by atoms with van der Waals surface area (Å²) in [6, 6.07) is 21.2. The van der Waals surface area contributed by atoms with Crippen LogP contribution < -0.4 is 24.8 Å². The number of nitrogens with one attached hydrogen (secondary N) is 2. The van der Waals surface area contributed by atoms with Crippen LogP contribution in [0.3, 0.4) is 0 Å². The number of carbonyl (C=O) groups is 2. The molecule has 7 nitrogen and oxygen atoms in total. The minimum absolute atomic E-state index is 0.224. The van der Waals surface area contributed by atoms with Crippen molar-refractivity contribution >= 4 is 11.8 Å². The highest BCUT2D eigenvalue weighted by Gasteiger charge is 2.22. The van der Waals surface area contributed by atoms with Crippen LogP contribution in [0.1, 0.15) is 21.5 Å². The van der Waals surface area contributed by atoms with Crippen LogP contribution in [0, 0.1) is 0 Å². The van der Waals surface area contributed by atoms with Crippen molar-refractivity contribution in [3.63, 3.8) is 0 Å². The molecule has 0 saturated heterocycles. The average Bonchev–Trinajstić information content (AvgIpc) is 2.87. The van der Waals surface area contributed by atoms with Crippen molar-refractivity contribution in [3.8, 4) is 17.2 Å². The number of rotatable bonds is 10. The number of hydrogen-bond donors (Lipinski definition) is 2. The minimum Gasteiger partial charge on any atom is -0.493 e. The highest BCUT2D eigenvalue weighted by Crippen LogP contribution is 2.38. The van der Waals surface area contributed by atoms with E-state index in [0.29, 0.717) is 29.2 Å². The van der Waals surface area contributed by atoms with Gasteiger partial charge in [0.1, 0.15) is 6.04 Å². The first kappa shape index (κ1) is 23.7. The summed E-state index contributed by atoms with van der Waals surface area (Å²) in [6.07, 6.45) is 0.362. The Labute approximate surface area is 193 Å². The lowest BCUT2D eigenvalue weighted by Crippen LogP contribution is -2.47. The molecule has 3 rings (SSSR count). The van der Waals surface area contributed by atoms with Gasteiger partial charge in [-0.3, -0.25) is 9.59 Å². The third kappa shape index (κ3) is 6.26. The van der Waals surface area contributed by atoms with Crippen molar-refractivity contribution in [2.24, 2.45) is 0 Å². The van der Waals surface area contributed by atoms with Crippen LogP contribution in [-0.2, 0) is 17.8 Å². The maximum Gasteiger partial charge on any atom is 0.251 e. The zero-order chi connectivity index (χ0) is 23.6. The van der Waals surface area contributed by atoms with Gasteiger partial charge in [-0.1, -0.05) is 48.5 Å². The maximum atomic E-state index is 13.1. The predicted molar refractivity (Wildman–Crippen MR) is 126 cm³/mol. The van der Waals surface area contributed by atoms with Crippen LogP contribution >= 0.6 is 0 Å². The summed E-state index contributed by atoms with van der Waals surface area (Å²) >= 11 is 0. The predicted octanol–water partition coefficient (Wildman–Crippen LogP) is 3.37. The molecule has 3 aromatic carbocycles. The van der Waals surface area contributed by atoms with Crippen molar-refractivity contribution in [1.29, 1.82) is 0 Å². The van der Waals surface area contributed by atoms with E-state index >= 15 is 0 Å². The summed E-state index contributed by atoms with van der Waals surface area (Å²) in [5, 5.41) is 5.77. The second kappa shape index (κ2) is 11.6. The number of carbonyl (C=O) groups excluding carboxylic acids is 2. The lowest BCUT2D eigenvalue weighted by atomic mass is 10.0. The monoisotopic (exact) mass is 448 g/mol. The van der Waals surface area contributed by atoms with Gasteiger partial charge in [0.15, 0.2) is 11.5 Å². The Morgan fingerprint density at radius 1 is 0.788 bits per heavy atom. The molecule has 0 bridgehead atoms. The smallest absolute Gasteiger partial charge is 0.251 e. The minimum atomic E-state index is -0.748. The van der Waals surface area contributed by atoms with E-state index < -0.39 is 6.04 Å². The summed E-state index contributed by atoms with van der Waals surface area (Å²) in [5.74, 6) is 0.877. The first-order valence-corrected chi connectivity index (χ1v) is 10.5. The van der Waals surface area contributed by atoms with Gasteiger partial charge in [0, 0.05) is 18.5 Å². The van der Waals surface area contributed by atoms with Crippen LogP contribution in [0.15, 0.2) is 72.8 Å². The largest absolute Gasteiger partial charge is 0.493 e. The molecule has 3 aromatic rings. The molecular formula is C26H28N2O5. The Hall–Kier alpha value is -4.00. The van der Waals surface area contributed by atoms with Gasteiger partial charge < -0.3 is 24.8 Å². The lowest BCUT2D eigenvalue weighted by molar-refractivity contribution is -0.123. The van der Waals surface area contributed by atoms with Crippen LogP contribution in [0.25, 0.3) is 0 Å². The number of ether oxygens (including phenoxy) is 3. The van der Waals surface area contributed by atoms with Crippen LogP contribution in [0.2, 0.25) is 0 Å². The van der Waals surface area contributed by atoms with Gasteiger partial charge in [0.05, 0.1) is 21.3 Å². The van der Waals surface area contributed by atoms with Crippen LogP contribution in [0.4, 0.5) is 0 Å². The molecule has 0 aliphatic carbocycles. The van der Waals surface area contributed by atoms with Crippen molar-refractivity contribution in [3.05, 3.63) is 89.5 Å². The lowest BCUT2D eigenvalue weighted by Gasteiger charge is -2.19. The van der Waals surface area contributed by atoms with Crippen LogP contribution in [0.5, 0.6) is 17.2 Å². The normalized spacial score (nSPS) is 11.2. The summed E-state index contributed by atoms with van der Waals surface area (Å²) < 4.78 is 16.1. The van der Waals surface area contributed by atoms with E-state index in [1.54, 1.807) is 36.4 Å². The molecule has 0 saturated carbocycles. The molecule has 0 spiro atoms. The summed E-state index contributed by atoms with van der Waals surface area (Å²) in [6.45, 7) is 0.224. The van der Waals surface area contributed by atoms with Crippen molar-refractivity contribution < 1.29 is 23.8 Å². The number of methoxy groups -OCH3 is 3. The highest BCUT2D eigenvalue weighted by molar-refractivity contribution is 5.97. The van der Waals surface area contributed by atoms with E-state index in [-0.39, 0.29) is 18.4 Å². The van der Waals surface area contributed by atoms with Gasteiger partial charge in [-0.05, 0) is 35.4 Å². The Bertz CT molecular complexity index is 1050. The van der Waals surface area contributed by atoms with E-state index in [1.165, 1.54) is 21.3 Å². The molecule has 0 aliphatic heterocycles. The van der Waals surface area contributed by atoms with Crippen molar-refractivity contribution in [1.82, 2.24) is 10.6 Å². The highest BCUT2D eigenvalue weighted by atomic mass is 16.5. The maximum absolute atomic E-state index is 13.1. The fraction of sp³-hybridized carbons (Fsp3) is 0.231. The van der Waals surface area contributed by atoms with E-state index in [4.69, 9.17) is 14.2 Å². The molecule has 2 amide bonds. The Morgan fingerprint density at radius 2 is 1.36 bits per heavy atom. The molecule has 0 aliphatic rings. The quantitative estimate of drug-likeness (QED) is 0.497. The average molecular weight is 449 g/mol. The Morgan fingerprint density at radius 3 is 1.91 bits per heavy atom. The molecule has 2 N–H and O–H groups in total. The van der Waals surface area contributed by atoms with Crippen molar-refractivity contribution in [2.45, 2.75) is 19.0 Å². The third-order valence-corrected chi connectivity index (χ3v) is 5.13. The summed E-state index contributed by atoms with van der Waals surface area (Å²) in [5.41, 5.74) is 2.21. The van der Waals surface area contributed by atoms with Gasteiger partial charge in [0.25, 0.3) is 5.91 Å². The van der Waals surface area contributed by atoms with Gasteiger partial charge in [-0.25, -0.2) is 0 Å². The van der Waals surface area contributed by atoms with E-state index in [0.717, 1.165) is 11.1 Å². The van der Waals surface area contributed by atoms with E-state index in [9.17, 15) is 9.59 Å². The van der Waals surface area contributed by atoms with Gasteiger partial charge in [-0.15, -0.1) is 0 Å². The second-order valence-electron chi connectivity index (χ2n) is 7.33. The molecule has 1 atom stereocenters. The Kier molecular flexibility index (Phi) is 8.30. The SMILES string of the molecule is COc1cc(CNC(=O)[C@@H](Cc2ccccc2)NC(=O)c2ccccc2)cc(OC)c1OC. The zero-order valence-corrected chi connectivity index (χ0v) is 19.0. The molecule has 0 heterocycles. The third-order valence-electron chi connectivity index (χ3n) is 5.13. The molecule has 0 fully saturated rings. The van der Waals surface area contributed by atoms with Gasteiger partial charge in [-0.2, -0.15) is 0 Å². The first-order chi connectivity index (χ1) is 16.0. The summed E-state index contributed by atoms with van der Waals surface area (Å²) in [4.78, 5) is 25.8. The fourth-order valence-electron chi connectivity index (χ4n) is 3.44. The molecule has 7 heteroatoms. The van der Waals surface area contributed by atoms with Crippen molar-refractivity contribution in [2.75, 3.05) is 21.3 Å². The van der Waals surface area contributed by atoms with Gasteiger partial charge >= 0.3 is 0 Å². The molecule has 0 aromatic heterocycles. The molecular weight excluding hydrogens is 420 g/mol. The first-order valence-electron chi connectivity index (χ1n) is 10.5. The topological polar surface area (TPSA) is 85.9 Å². The number of hydrogen-bond acceptors (Lipinski definition) is 5. The second-order valence-corrected chi connectivity index (χ2v) is 7.33. The molecule has 0 radical (unpaired) electrons. The Balaban J connectivity index is 1.76. The number of amides is 2. The van der Waals surface area contributed by atoms with E-state index in [1.807, 2.05) is 36.4 Å². The van der Waals surface area contributed by atoms with Crippen LogP contribution in [-0.4, -0.2) is 39.2 Å². The number of benzene rings is 3. The zero-order valence-electron chi connectivity index (χ0n) is 19.0. The molecule has 172 valence electrons. The fourth-order valence-corrected chi connectivity index (χ4v) is 3.44. The summed E-state index contributed by atoms with van der Waals surface area (Å²) in [7, 11) is 4.61. The molecule has 0 unspecified atom stereocenters.